The van der Waals surface area contributed by atoms with E-state index in [9.17, 15) is 14.7 Å². The van der Waals surface area contributed by atoms with Crippen LogP contribution in [0.2, 0.25) is 0 Å². The number of hydrogen-bond donors (Lipinski definition) is 2. The van der Waals surface area contributed by atoms with E-state index in [1.54, 1.807) is 18.2 Å². The van der Waals surface area contributed by atoms with Crippen LogP contribution in [0.1, 0.15) is 5.56 Å². The Balaban J connectivity index is 2.42. The van der Waals surface area contributed by atoms with Gasteiger partial charge in [-0.1, -0.05) is 6.08 Å². The van der Waals surface area contributed by atoms with Crippen molar-refractivity contribution in [2.75, 3.05) is 20.8 Å². The minimum absolute atomic E-state index is 0.0967. The summed E-state index contributed by atoms with van der Waals surface area (Å²) in [5.41, 5.74) is 0.447. The highest BCUT2D eigenvalue weighted by molar-refractivity contribution is 6.23. The van der Waals surface area contributed by atoms with Crippen LogP contribution in [0, 0.1) is 0 Å². The fraction of sp³-hybridized carbons (Fsp3) is 0.250. The van der Waals surface area contributed by atoms with E-state index in [1.165, 1.54) is 26.4 Å². The molecule has 1 aliphatic rings. The first-order valence-electron chi connectivity index (χ1n) is 6.86. The SMILES string of the molecule is C=CCN1C(=O)/C(=C/c2ccc(OC)cc2OC)C(=O)NC1O. The normalized spacial score (nSPS) is 19.5. The minimum atomic E-state index is -1.37. The number of amides is 2. The Kier molecular flexibility index (Phi) is 5.02. The summed E-state index contributed by atoms with van der Waals surface area (Å²) >= 11 is 0. The van der Waals surface area contributed by atoms with Gasteiger partial charge in [-0.2, -0.15) is 0 Å². The number of nitrogens with zero attached hydrogens (tertiary/aromatic N) is 1. The van der Waals surface area contributed by atoms with Crippen LogP contribution in [0.15, 0.2) is 36.4 Å². The second kappa shape index (κ2) is 6.97. The number of carbonyl (C=O) groups excluding carboxylic acids is 2. The molecule has 0 spiro atoms. The molecular formula is C16H18N2O5. The highest BCUT2D eigenvalue weighted by Crippen LogP contribution is 2.27. The third-order valence-corrected chi connectivity index (χ3v) is 3.36. The lowest BCUT2D eigenvalue weighted by Crippen LogP contribution is -2.57. The van der Waals surface area contributed by atoms with Crippen molar-refractivity contribution >= 4 is 17.9 Å². The van der Waals surface area contributed by atoms with Crippen molar-refractivity contribution < 1.29 is 24.2 Å². The van der Waals surface area contributed by atoms with Gasteiger partial charge in [0.05, 0.1) is 14.2 Å². The Morgan fingerprint density at radius 3 is 2.70 bits per heavy atom. The van der Waals surface area contributed by atoms with Crippen LogP contribution in [-0.2, 0) is 9.59 Å². The minimum Gasteiger partial charge on any atom is -0.497 e. The van der Waals surface area contributed by atoms with Gasteiger partial charge in [0, 0.05) is 18.2 Å². The number of nitrogens with one attached hydrogen (secondary N) is 1. The molecule has 1 fully saturated rings. The van der Waals surface area contributed by atoms with Gasteiger partial charge in [0.1, 0.15) is 17.1 Å². The molecule has 7 heteroatoms. The van der Waals surface area contributed by atoms with Gasteiger partial charge in [0.25, 0.3) is 11.8 Å². The molecule has 1 aliphatic heterocycles. The fourth-order valence-electron chi connectivity index (χ4n) is 2.18. The van der Waals surface area contributed by atoms with E-state index in [4.69, 9.17) is 9.47 Å². The first-order valence-corrected chi connectivity index (χ1v) is 6.86. The smallest absolute Gasteiger partial charge is 0.263 e. The lowest BCUT2D eigenvalue weighted by molar-refractivity contribution is -0.148. The lowest BCUT2D eigenvalue weighted by Gasteiger charge is -2.32. The maximum absolute atomic E-state index is 12.4. The molecule has 0 aliphatic carbocycles. The molecule has 0 radical (unpaired) electrons. The molecule has 122 valence electrons. The number of methoxy groups -OCH3 is 2. The van der Waals surface area contributed by atoms with Gasteiger partial charge in [-0.05, 0) is 18.2 Å². The largest absolute Gasteiger partial charge is 0.497 e. The van der Waals surface area contributed by atoms with Crippen LogP contribution in [0.25, 0.3) is 6.08 Å². The number of benzene rings is 1. The maximum atomic E-state index is 12.4. The molecule has 0 saturated carbocycles. The highest BCUT2D eigenvalue weighted by atomic mass is 16.5. The van der Waals surface area contributed by atoms with Crippen LogP contribution in [0.5, 0.6) is 11.5 Å². The molecule has 23 heavy (non-hydrogen) atoms. The van der Waals surface area contributed by atoms with Crippen LogP contribution in [0.4, 0.5) is 0 Å². The quantitative estimate of drug-likeness (QED) is 0.469. The van der Waals surface area contributed by atoms with Gasteiger partial charge in [-0.15, -0.1) is 6.58 Å². The van der Waals surface area contributed by atoms with E-state index in [-0.39, 0.29) is 12.1 Å². The standard InChI is InChI=1S/C16H18N2O5/c1-4-7-18-15(20)12(14(19)17-16(18)21)8-10-5-6-11(22-2)9-13(10)23-3/h4-6,8-9,16,21H,1,7H2,2-3H3,(H,17,19)/b12-8+. The Morgan fingerprint density at radius 2 is 2.09 bits per heavy atom. The second-order valence-electron chi connectivity index (χ2n) is 4.76. The number of carbonyl (C=O) groups is 2. The molecule has 1 heterocycles. The molecule has 1 saturated heterocycles. The zero-order chi connectivity index (χ0) is 17.0. The molecule has 0 bridgehead atoms. The molecule has 1 aromatic rings. The number of aliphatic hydroxyl groups is 1. The molecule has 1 aromatic carbocycles. The topological polar surface area (TPSA) is 88.1 Å². The molecule has 7 nitrogen and oxygen atoms in total. The molecular weight excluding hydrogens is 300 g/mol. The molecule has 0 aromatic heterocycles. The van der Waals surface area contributed by atoms with Gasteiger partial charge < -0.3 is 19.9 Å². The first kappa shape index (κ1) is 16.6. The first-order chi connectivity index (χ1) is 11.0. The number of hydrogen-bond acceptors (Lipinski definition) is 5. The van der Waals surface area contributed by atoms with E-state index >= 15 is 0 Å². The Morgan fingerprint density at radius 1 is 1.35 bits per heavy atom. The monoisotopic (exact) mass is 318 g/mol. The predicted molar refractivity (Wildman–Crippen MR) is 83.6 cm³/mol. The van der Waals surface area contributed by atoms with Crippen molar-refractivity contribution in [2.45, 2.75) is 6.35 Å². The van der Waals surface area contributed by atoms with Gasteiger partial charge >= 0.3 is 0 Å². The summed E-state index contributed by atoms with van der Waals surface area (Å²) in [5, 5.41) is 12.1. The van der Waals surface area contributed by atoms with Gasteiger partial charge in [-0.25, -0.2) is 0 Å². The van der Waals surface area contributed by atoms with Crippen LogP contribution < -0.4 is 14.8 Å². The summed E-state index contributed by atoms with van der Waals surface area (Å²) in [7, 11) is 3.01. The van der Waals surface area contributed by atoms with Crippen molar-refractivity contribution in [2.24, 2.45) is 0 Å². The molecule has 2 N–H and O–H groups in total. The molecule has 2 rings (SSSR count). The highest BCUT2D eigenvalue weighted by Gasteiger charge is 2.34. The van der Waals surface area contributed by atoms with Crippen LogP contribution in [0.3, 0.4) is 0 Å². The summed E-state index contributed by atoms with van der Waals surface area (Å²) < 4.78 is 10.4. The van der Waals surface area contributed by atoms with Crippen molar-refractivity contribution in [3.63, 3.8) is 0 Å². The Hall–Kier alpha value is -2.80. The van der Waals surface area contributed by atoms with E-state index in [0.717, 1.165) is 4.90 Å². The Labute approximate surface area is 133 Å². The van der Waals surface area contributed by atoms with Crippen molar-refractivity contribution in [3.05, 3.63) is 42.0 Å². The summed E-state index contributed by atoms with van der Waals surface area (Å²) in [6.45, 7) is 3.64. The zero-order valence-corrected chi connectivity index (χ0v) is 12.9. The van der Waals surface area contributed by atoms with Crippen LogP contribution >= 0.6 is 0 Å². The maximum Gasteiger partial charge on any atom is 0.263 e. The van der Waals surface area contributed by atoms with Gasteiger partial charge in [0.2, 0.25) is 6.35 Å². The fourth-order valence-corrected chi connectivity index (χ4v) is 2.18. The average Bonchev–Trinajstić information content (AvgIpc) is 2.55. The third-order valence-electron chi connectivity index (χ3n) is 3.36. The molecule has 1 unspecified atom stereocenters. The number of rotatable bonds is 5. The lowest BCUT2D eigenvalue weighted by atomic mass is 10.1. The van der Waals surface area contributed by atoms with Gasteiger partial charge in [0.15, 0.2) is 0 Å². The number of ether oxygens (including phenoxy) is 2. The van der Waals surface area contributed by atoms with Crippen molar-refractivity contribution in [3.8, 4) is 11.5 Å². The van der Waals surface area contributed by atoms with E-state index in [1.807, 2.05) is 0 Å². The third kappa shape index (κ3) is 3.35. The van der Waals surface area contributed by atoms with Crippen molar-refractivity contribution in [1.29, 1.82) is 0 Å². The number of aliphatic hydroxyl groups excluding tert-OH is 1. The van der Waals surface area contributed by atoms with Crippen LogP contribution in [-0.4, -0.2) is 48.9 Å². The summed E-state index contributed by atoms with van der Waals surface area (Å²) in [6.07, 6.45) is 1.50. The van der Waals surface area contributed by atoms with E-state index < -0.39 is 18.2 Å². The zero-order valence-electron chi connectivity index (χ0n) is 12.9. The van der Waals surface area contributed by atoms with Crippen molar-refractivity contribution in [1.82, 2.24) is 10.2 Å². The summed E-state index contributed by atoms with van der Waals surface area (Å²) in [5.74, 6) is -0.189. The molecule has 1 atom stereocenters. The average molecular weight is 318 g/mol. The van der Waals surface area contributed by atoms with E-state index in [2.05, 4.69) is 11.9 Å². The molecule has 2 amide bonds. The predicted octanol–water partition coefficient (Wildman–Crippen LogP) is 0.507. The summed E-state index contributed by atoms with van der Waals surface area (Å²) in [6, 6.07) is 5.01. The van der Waals surface area contributed by atoms with Gasteiger partial charge in [-0.3, -0.25) is 14.5 Å². The summed E-state index contributed by atoms with van der Waals surface area (Å²) in [4.78, 5) is 25.5. The Bertz CT molecular complexity index is 668. The second-order valence-corrected chi connectivity index (χ2v) is 4.76. The van der Waals surface area contributed by atoms with E-state index in [0.29, 0.717) is 17.1 Å².